The number of nitrogens with zero attached hydrogens (tertiary/aromatic N) is 1. The van der Waals surface area contributed by atoms with E-state index in [4.69, 9.17) is 10.00 Å². The molecule has 1 N–H and O–H groups in total. The van der Waals surface area contributed by atoms with Crippen LogP contribution in [0.15, 0.2) is 54.6 Å². The number of ether oxygens (including phenoxy) is 1. The Morgan fingerprint density at radius 3 is 2.37 bits per heavy atom. The summed E-state index contributed by atoms with van der Waals surface area (Å²) in [6.07, 6.45) is -1.13. The molecular weight excluding hydrogens is 242 g/mol. The van der Waals surface area contributed by atoms with Gasteiger partial charge in [-0.1, -0.05) is 42.5 Å². The van der Waals surface area contributed by atoms with Gasteiger partial charge in [0.15, 0.2) is 0 Å². The predicted octanol–water partition coefficient (Wildman–Crippen LogP) is 2.76. The van der Waals surface area contributed by atoms with Crippen LogP contribution < -0.4 is 4.74 Å². The lowest BCUT2D eigenvalue weighted by Gasteiger charge is -2.16. The van der Waals surface area contributed by atoms with Crippen molar-refractivity contribution in [1.29, 1.82) is 5.26 Å². The summed E-state index contributed by atoms with van der Waals surface area (Å²) in [4.78, 5) is 11.3. The zero-order valence-corrected chi connectivity index (χ0v) is 9.98. The minimum absolute atomic E-state index is 0.265. The number of carboxylic acids is 1. The molecule has 2 aromatic carbocycles. The average Bonchev–Trinajstić information content (AvgIpc) is 2.45. The molecule has 0 aromatic heterocycles. The molecule has 94 valence electrons. The van der Waals surface area contributed by atoms with Crippen LogP contribution in [0.2, 0.25) is 0 Å². The van der Waals surface area contributed by atoms with Crippen LogP contribution in [-0.2, 0) is 4.79 Å². The molecule has 0 aliphatic heterocycles. The molecule has 0 heterocycles. The number of benzene rings is 2. The third-order valence-corrected chi connectivity index (χ3v) is 2.58. The summed E-state index contributed by atoms with van der Waals surface area (Å²) in [5.41, 5.74) is 0.840. The smallest absolute Gasteiger partial charge is 0.349 e. The van der Waals surface area contributed by atoms with Gasteiger partial charge in [0.05, 0.1) is 5.56 Å². The number of rotatable bonds is 4. The van der Waals surface area contributed by atoms with Gasteiger partial charge in [-0.15, -0.1) is 0 Å². The lowest BCUT2D eigenvalue weighted by Crippen LogP contribution is -2.18. The van der Waals surface area contributed by atoms with E-state index in [-0.39, 0.29) is 5.75 Å². The van der Waals surface area contributed by atoms with Crippen LogP contribution in [0.3, 0.4) is 0 Å². The normalized spacial score (nSPS) is 11.3. The van der Waals surface area contributed by atoms with Gasteiger partial charge in [-0.2, -0.15) is 5.26 Å². The van der Waals surface area contributed by atoms with Gasteiger partial charge >= 0.3 is 5.97 Å². The molecule has 0 aliphatic rings. The zero-order valence-electron chi connectivity index (χ0n) is 9.98. The fourth-order valence-electron chi connectivity index (χ4n) is 1.68. The Morgan fingerprint density at radius 1 is 1.11 bits per heavy atom. The van der Waals surface area contributed by atoms with Gasteiger partial charge < -0.3 is 9.84 Å². The molecule has 0 spiro atoms. The fraction of sp³-hybridized carbons (Fsp3) is 0.0667. The van der Waals surface area contributed by atoms with E-state index in [1.807, 2.05) is 6.07 Å². The molecule has 0 saturated heterocycles. The van der Waals surface area contributed by atoms with Crippen molar-refractivity contribution in [3.63, 3.8) is 0 Å². The van der Waals surface area contributed by atoms with Gasteiger partial charge in [0.2, 0.25) is 6.10 Å². The van der Waals surface area contributed by atoms with Crippen molar-refractivity contribution in [3.8, 4) is 11.8 Å². The molecule has 0 fully saturated rings. The van der Waals surface area contributed by atoms with Crippen LogP contribution in [0.1, 0.15) is 17.2 Å². The van der Waals surface area contributed by atoms with Crippen molar-refractivity contribution in [2.45, 2.75) is 6.10 Å². The van der Waals surface area contributed by atoms with Crippen LogP contribution in [0.5, 0.6) is 5.75 Å². The van der Waals surface area contributed by atoms with E-state index < -0.39 is 12.1 Å². The van der Waals surface area contributed by atoms with Gasteiger partial charge in [0.25, 0.3) is 0 Å². The molecule has 0 aliphatic carbocycles. The Labute approximate surface area is 110 Å². The van der Waals surface area contributed by atoms with Crippen LogP contribution >= 0.6 is 0 Å². The highest BCUT2D eigenvalue weighted by Crippen LogP contribution is 2.25. The minimum Gasteiger partial charge on any atom is -0.478 e. The number of hydrogen-bond donors (Lipinski definition) is 1. The number of para-hydroxylation sites is 1. The van der Waals surface area contributed by atoms with E-state index in [1.54, 1.807) is 54.6 Å². The van der Waals surface area contributed by atoms with Crippen LogP contribution in [0.25, 0.3) is 0 Å². The molecule has 0 radical (unpaired) electrons. The lowest BCUT2D eigenvalue weighted by molar-refractivity contribution is -0.145. The fourth-order valence-corrected chi connectivity index (χ4v) is 1.68. The first-order chi connectivity index (χ1) is 9.22. The maximum Gasteiger partial charge on any atom is 0.349 e. The van der Waals surface area contributed by atoms with Crippen molar-refractivity contribution in [3.05, 3.63) is 65.7 Å². The Hall–Kier alpha value is -2.80. The second-order valence-corrected chi connectivity index (χ2v) is 3.85. The van der Waals surface area contributed by atoms with Crippen molar-refractivity contribution in [1.82, 2.24) is 0 Å². The van der Waals surface area contributed by atoms with Gasteiger partial charge in [-0.25, -0.2) is 4.79 Å². The van der Waals surface area contributed by atoms with Crippen molar-refractivity contribution < 1.29 is 14.6 Å². The van der Waals surface area contributed by atoms with Gasteiger partial charge in [0, 0.05) is 5.56 Å². The third-order valence-electron chi connectivity index (χ3n) is 2.58. The highest BCUT2D eigenvalue weighted by Gasteiger charge is 2.22. The Morgan fingerprint density at radius 2 is 1.74 bits per heavy atom. The van der Waals surface area contributed by atoms with Gasteiger partial charge in [-0.3, -0.25) is 0 Å². The quantitative estimate of drug-likeness (QED) is 0.909. The average molecular weight is 253 g/mol. The zero-order chi connectivity index (χ0) is 13.7. The Bertz CT molecular complexity index is 617. The molecule has 2 aromatic rings. The van der Waals surface area contributed by atoms with E-state index in [2.05, 4.69) is 0 Å². The summed E-state index contributed by atoms with van der Waals surface area (Å²) in [5.74, 6) is -0.833. The van der Waals surface area contributed by atoms with Crippen molar-refractivity contribution in [2.24, 2.45) is 0 Å². The molecule has 1 atom stereocenters. The van der Waals surface area contributed by atoms with E-state index in [0.717, 1.165) is 0 Å². The van der Waals surface area contributed by atoms with Crippen LogP contribution in [-0.4, -0.2) is 11.1 Å². The number of aliphatic carboxylic acids is 1. The molecule has 0 amide bonds. The van der Waals surface area contributed by atoms with E-state index in [9.17, 15) is 9.90 Å². The first-order valence-corrected chi connectivity index (χ1v) is 5.66. The highest BCUT2D eigenvalue weighted by atomic mass is 16.5. The molecule has 2 rings (SSSR count). The second kappa shape index (κ2) is 5.69. The van der Waals surface area contributed by atoms with Crippen LogP contribution in [0.4, 0.5) is 0 Å². The molecular formula is C15H11NO3. The first kappa shape index (κ1) is 12.7. The SMILES string of the molecule is N#Cc1ccccc1OC(C(=O)O)c1ccccc1. The molecule has 19 heavy (non-hydrogen) atoms. The minimum atomic E-state index is -1.13. The number of nitriles is 1. The molecule has 0 saturated carbocycles. The predicted molar refractivity (Wildman–Crippen MR) is 68.6 cm³/mol. The first-order valence-electron chi connectivity index (χ1n) is 5.66. The topological polar surface area (TPSA) is 70.3 Å². The monoisotopic (exact) mass is 253 g/mol. The lowest BCUT2D eigenvalue weighted by atomic mass is 10.1. The summed E-state index contributed by atoms with van der Waals surface area (Å²) in [7, 11) is 0. The van der Waals surface area contributed by atoms with Crippen molar-refractivity contribution >= 4 is 5.97 Å². The van der Waals surface area contributed by atoms with Crippen molar-refractivity contribution in [2.75, 3.05) is 0 Å². The largest absolute Gasteiger partial charge is 0.478 e. The molecule has 0 bridgehead atoms. The number of hydrogen-bond acceptors (Lipinski definition) is 3. The summed E-state index contributed by atoms with van der Waals surface area (Å²) in [6, 6.07) is 17.2. The van der Waals surface area contributed by atoms with Gasteiger partial charge in [0.1, 0.15) is 11.8 Å². The third kappa shape index (κ3) is 2.90. The van der Waals surface area contributed by atoms with E-state index in [1.165, 1.54) is 0 Å². The summed E-state index contributed by atoms with van der Waals surface area (Å²) >= 11 is 0. The summed E-state index contributed by atoms with van der Waals surface area (Å²) in [6.45, 7) is 0. The highest BCUT2D eigenvalue weighted by molar-refractivity contribution is 5.75. The maximum absolute atomic E-state index is 11.3. The number of carbonyl (C=O) groups is 1. The number of carboxylic acid groups (broad SMARTS) is 1. The summed E-state index contributed by atoms with van der Waals surface area (Å²) in [5, 5.41) is 18.2. The standard InChI is InChI=1S/C15H11NO3/c16-10-12-8-4-5-9-13(12)19-14(15(17)18)11-6-2-1-3-7-11/h1-9,14H,(H,17,18). The van der Waals surface area contributed by atoms with Crippen LogP contribution in [0, 0.1) is 11.3 Å². The molecule has 4 heteroatoms. The summed E-state index contributed by atoms with van der Waals surface area (Å²) < 4.78 is 5.46. The van der Waals surface area contributed by atoms with E-state index in [0.29, 0.717) is 11.1 Å². The molecule has 4 nitrogen and oxygen atoms in total. The Balaban J connectivity index is 2.33. The second-order valence-electron chi connectivity index (χ2n) is 3.85. The van der Waals surface area contributed by atoms with E-state index >= 15 is 0 Å². The van der Waals surface area contributed by atoms with Gasteiger partial charge in [-0.05, 0) is 12.1 Å². The maximum atomic E-state index is 11.3. The molecule has 1 unspecified atom stereocenters. The Kier molecular flexibility index (Phi) is 3.79.